The van der Waals surface area contributed by atoms with Crippen molar-refractivity contribution in [2.24, 2.45) is 0 Å². The van der Waals surface area contributed by atoms with Gasteiger partial charge in [-0.2, -0.15) is 4.98 Å². The monoisotopic (exact) mass is 288 g/mol. The number of hydrogen-bond acceptors (Lipinski definition) is 7. The summed E-state index contributed by atoms with van der Waals surface area (Å²) in [5, 5.41) is 10.9. The molecule has 0 aliphatic heterocycles. The minimum Gasteiger partial charge on any atom is -0.467 e. The van der Waals surface area contributed by atoms with Gasteiger partial charge in [0, 0.05) is 7.05 Å². The fourth-order valence-electron chi connectivity index (χ4n) is 1.49. The Balaban J connectivity index is 3.32. The van der Waals surface area contributed by atoms with E-state index in [1.807, 2.05) is 0 Å². The van der Waals surface area contributed by atoms with Crippen LogP contribution < -0.4 is 4.90 Å². The molecular weight excluding hydrogens is 276 g/mol. The van der Waals surface area contributed by atoms with Crippen LogP contribution >= 0.6 is 11.6 Å². The molecule has 1 aromatic heterocycles. The second kappa shape index (κ2) is 5.79. The van der Waals surface area contributed by atoms with E-state index in [4.69, 9.17) is 11.6 Å². The van der Waals surface area contributed by atoms with Gasteiger partial charge in [0.25, 0.3) is 0 Å². The number of carbonyl (C=O) groups excluding carboxylic acids is 1. The number of likely N-dealkylation sites (N-methyl/N-ethyl adjacent to an activating group) is 1. The zero-order chi connectivity index (χ0) is 14.7. The van der Waals surface area contributed by atoms with E-state index in [0.29, 0.717) is 0 Å². The highest BCUT2D eigenvalue weighted by molar-refractivity contribution is 6.28. The Hall–Kier alpha value is -1.96. The Morgan fingerprint density at radius 1 is 1.53 bits per heavy atom. The number of rotatable bonds is 4. The van der Waals surface area contributed by atoms with Crippen LogP contribution in [0.15, 0.2) is 0 Å². The SMILES string of the molecule is COC(=O)C(C)N(C)c1nc(Cl)nc(C)c1[N+](=O)[O-]. The summed E-state index contributed by atoms with van der Waals surface area (Å²) >= 11 is 5.70. The van der Waals surface area contributed by atoms with Gasteiger partial charge >= 0.3 is 11.7 Å². The molecular formula is C10H13ClN4O4. The zero-order valence-corrected chi connectivity index (χ0v) is 11.6. The van der Waals surface area contributed by atoms with Gasteiger partial charge in [-0.25, -0.2) is 9.78 Å². The zero-order valence-electron chi connectivity index (χ0n) is 10.9. The van der Waals surface area contributed by atoms with Gasteiger partial charge in [0.2, 0.25) is 11.1 Å². The molecule has 0 bridgehead atoms. The van der Waals surface area contributed by atoms with E-state index in [1.165, 1.54) is 26.0 Å². The number of anilines is 1. The second-order valence-corrected chi connectivity index (χ2v) is 4.16. The minimum absolute atomic E-state index is 0.0274. The van der Waals surface area contributed by atoms with Gasteiger partial charge in [-0.1, -0.05) is 0 Å². The van der Waals surface area contributed by atoms with Crippen LogP contribution in [0, 0.1) is 17.0 Å². The van der Waals surface area contributed by atoms with Gasteiger partial charge in [-0.15, -0.1) is 0 Å². The van der Waals surface area contributed by atoms with Crippen molar-refractivity contribution in [3.63, 3.8) is 0 Å². The van der Waals surface area contributed by atoms with Crippen LogP contribution in [0.25, 0.3) is 0 Å². The lowest BCUT2D eigenvalue weighted by molar-refractivity contribution is -0.385. The van der Waals surface area contributed by atoms with Crippen molar-refractivity contribution in [3.05, 3.63) is 21.1 Å². The molecule has 0 radical (unpaired) electrons. The number of nitro groups is 1. The summed E-state index contributed by atoms with van der Waals surface area (Å²) in [6, 6.07) is -0.742. The third kappa shape index (κ3) is 3.08. The minimum atomic E-state index is -0.742. The van der Waals surface area contributed by atoms with Gasteiger partial charge in [0.05, 0.1) is 12.0 Å². The molecule has 0 aliphatic carbocycles. The number of aryl methyl sites for hydroxylation is 1. The van der Waals surface area contributed by atoms with E-state index in [0.717, 1.165) is 0 Å². The van der Waals surface area contributed by atoms with Gasteiger partial charge in [-0.3, -0.25) is 10.1 Å². The fourth-order valence-corrected chi connectivity index (χ4v) is 1.70. The topological polar surface area (TPSA) is 98.5 Å². The maximum Gasteiger partial charge on any atom is 0.332 e. The number of ether oxygens (including phenoxy) is 1. The summed E-state index contributed by atoms with van der Waals surface area (Å²) in [4.78, 5) is 30.8. The average Bonchev–Trinajstić information content (AvgIpc) is 2.34. The summed E-state index contributed by atoms with van der Waals surface area (Å²) in [5.41, 5.74) is -0.161. The normalized spacial score (nSPS) is 11.8. The maximum atomic E-state index is 11.5. The van der Waals surface area contributed by atoms with Crippen LogP contribution in [0.1, 0.15) is 12.6 Å². The summed E-state index contributed by atoms with van der Waals surface area (Å²) < 4.78 is 4.59. The fraction of sp³-hybridized carbons (Fsp3) is 0.500. The molecule has 0 spiro atoms. The highest BCUT2D eigenvalue weighted by atomic mass is 35.5. The molecule has 0 N–H and O–H groups in total. The Bertz CT molecular complexity index is 522. The van der Waals surface area contributed by atoms with Crippen LogP contribution in [0.3, 0.4) is 0 Å². The van der Waals surface area contributed by atoms with Crippen molar-refractivity contribution in [1.29, 1.82) is 0 Å². The Morgan fingerprint density at radius 3 is 2.58 bits per heavy atom. The predicted octanol–water partition coefficient (Wildman–Crippen LogP) is 1.34. The number of esters is 1. The van der Waals surface area contributed by atoms with Gasteiger partial charge < -0.3 is 9.64 Å². The number of hydrogen-bond donors (Lipinski definition) is 0. The summed E-state index contributed by atoms with van der Waals surface area (Å²) in [5.74, 6) is -0.565. The highest BCUT2D eigenvalue weighted by Gasteiger charge is 2.29. The van der Waals surface area contributed by atoms with Crippen LogP contribution in [-0.2, 0) is 9.53 Å². The quantitative estimate of drug-likeness (QED) is 0.357. The molecule has 1 aromatic rings. The third-order valence-corrected chi connectivity index (χ3v) is 2.82. The van der Waals surface area contributed by atoms with E-state index in [1.54, 1.807) is 6.92 Å². The smallest absolute Gasteiger partial charge is 0.332 e. The second-order valence-electron chi connectivity index (χ2n) is 3.82. The van der Waals surface area contributed by atoms with Gasteiger partial charge in [0.1, 0.15) is 11.7 Å². The van der Waals surface area contributed by atoms with E-state index >= 15 is 0 Å². The predicted molar refractivity (Wildman–Crippen MR) is 68.3 cm³/mol. The lowest BCUT2D eigenvalue weighted by atomic mass is 10.2. The number of methoxy groups -OCH3 is 1. The Kier molecular flexibility index (Phi) is 4.60. The van der Waals surface area contributed by atoms with Crippen molar-refractivity contribution in [2.45, 2.75) is 19.9 Å². The van der Waals surface area contributed by atoms with E-state index in [9.17, 15) is 14.9 Å². The molecule has 0 saturated carbocycles. The van der Waals surface area contributed by atoms with Gasteiger partial charge in [-0.05, 0) is 25.4 Å². The van der Waals surface area contributed by atoms with E-state index in [2.05, 4.69) is 14.7 Å². The molecule has 0 fully saturated rings. The first-order chi connectivity index (χ1) is 8.79. The molecule has 1 atom stereocenters. The van der Waals surface area contributed by atoms with Crippen molar-refractivity contribution in [3.8, 4) is 0 Å². The molecule has 19 heavy (non-hydrogen) atoms. The molecule has 9 heteroatoms. The molecule has 0 aromatic carbocycles. The first kappa shape index (κ1) is 15.1. The van der Waals surface area contributed by atoms with Crippen molar-refractivity contribution < 1.29 is 14.5 Å². The van der Waals surface area contributed by atoms with E-state index < -0.39 is 16.9 Å². The van der Waals surface area contributed by atoms with Crippen molar-refractivity contribution >= 4 is 29.1 Å². The molecule has 8 nitrogen and oxygen atoms in total. The number of aromatic nitrogens is 2. The average molecular weight is 289 g/mol. The van der Waals surface area contributed by atoms with E-state index in [-0.39, 0.29) is 22.5 Å². The third-order valence-electron chi connectivity index (χ3n) is 2.65. The molecule has 104 valence electrons. The number of carbonyl (C=O) groups is 1. The first-order valence-corrected chi connectivity index (χ1v) is 5.66. The Labute approximate surface area is 114 Å². The van der Waals surface area contributed by atoms with Crippen LogP contribution in [0.5, 0.6) is 0 Å². The molecule has 0 amide bonds. The van der Waals surface area contributed by atoms with Crippen LogP contribution in [0.2, 0.25) is 5.28 Å². The molecule has 0 saturated heterocycles. The molecule has 0 aliphatic rings. The molecule has 1 unspecified atom stereocenters. The number of nitrogens with zero attached hydrogens (tertiary/aromatic N) is 4. The lowest BCUT2D eigenvalue weighted by Crippen LogP contribution is -2.37. The van der Waals surface area contributed by atoms with Crippen molar-refractivity contribution in [1.82, 2.24) is 9.97 Å². The summed E-state index contributed by atoms with van der Waals surface area (Å²) in [7, 11) is 2.73. The van der Waals surface area contributed by atoms with Crippen LogP contribution in [-0.4, -0.2) is 41.1 Å². The first-order valence-electron chi connectivity index (χ1n) is 5.28. The standard InChI is InChI=1S/C10H13ClN4O4/c1-5-7(15(17)18)8(13-10(11)12-5)14(3)6(2)9(16)19-4/h6H,1-4H3. The van der Waals surface area contributed by atoms with Crippen LogP contribution in [0.4, 0.5) is 11.5 Å². The van der Waals surface area contributed by atoms with Gasteiger partial charge in [0.15, 0.2) is 0 Å². The Morgan fingerprint density at radius 2 is 2.11 bits per heavy atom. The largest absolute Gasteiger partial charge is 0.467 e. The maximum absolute atomic E-state index is 11.5. The number of halogens is 1. The molecule has 1 heterocycles. The summed E-state index contributed by atoms with van der Waals surface area (Å²) in [6.07, 6.45) is 0. The lowest BCUT2D eigenvalue weighted by Gasteiger charge is -2.23. The highest BCUT2D eigenvalue weighted by Crippen LogP contribution is 2.30. The van der Waals surface area contributed by atoms with Crippen molar-refractivity contribution in [2.75, 3.05) is 19.1 Å². The molecule has 1 rings (SSSR count). The summed E-state index contributed by atoms with van der Waals surface area (Å²) in [6.45, 7) is 2.99.